The summed E-state index contributed by atoms with van der Waals surface area (Å²) in [4.78, 5) is 50.6. The van der Waals surface area contributed by atoms with Gasteiger partial charge >= 0.3 is 5.97 Å². The molecule has 3 amide bonds. The van der Waals surface area contributed by atoms with E-state index in [0.29, 0.717) is 5.56 Å². The van der Waals surface area contributed by atoms with E-state index in [-0.39, 0.29) is 24.5 Å². The van der Waals surface area contributed by atoms with Gasteiger partial charge in [-0.2, -0.15) is 0 Å². The lowest BCUT2D eigenvalue weighted by atomic mass is 9.99. The van der Waals surface area contributed by atoms with Crippen molar-refractivity contribution in [2.24, 2.45) is 11.7 Å². The molecule has 8 N–H and O–H groups in total. The van der Waals surface area contributed by atoms with Crippen LogP contribution in [0.25, 0.3) is 0 Å². The van der Waals surface area contributed by atoms with Crippen molar-refractivity contribution in [1.82, 2.24) is 16.0 Å². The lowest BCUT2D eigenvalue weighted by Crippen LogP contribution is -2.59. The Bertz CT molecular complexity index is 1090. The number of nitrogens with one attached hydrogen (secondary N) is 3. The van der Waals surface area contributed by atoms with Crippen molar-refractivity contribution in [2.75, 3.05) is 0 Å². The summed E-state index contributed by atoms with van der Waals surface area (Å²) in [6.45, 7) is 4.65. The van der Waals surface area contributed by atoms with Crippen LogP contribution in [0.2, 0.25) is 0 Å². The molecule has 0 aromatic heterocycles. The molecule has 5 unspecified atom stereocenters. The second-order valence-electron chi connectivity index (χ2n) is 9.52. The summed E-state index contributed by atoms with van der Waals surface area (Å²) in [7, 11) is 0. The van der Waals surface area contributed by atoms with E-state index in [2.05, 4.69) is 16.0 Å². The molecule has 0 aliphatic rings. The number of hydrogen-bond donors (Lipinski definition) is 7. The van der Waals surface area contributed by atoms with Crippen molar-refractivity contribution in [3.8, 4) is 5.75 Å². The van der Waals surface area contributed by atoms with Gasteiger partial charge in [-0.15, -0.1) is 0 Å². The third-order valence-corrected chi connectivity index (χ3v) is 5.94. The minimum Gasteiger partial charge on any atom is -0.508 e. The van der Waals surface area contributed by atoms with Crippen molar-refractivity contribution < 1.29 is 34.5 Å². The van der Waals surface area contributed by atoms with Crippen molar-refractivity contribution in [3.63, 3.8) is 0 Å². The molecule has 0 radical (unpaired) electrons. The SMILES string of the molecule is CC(C)C(NC(=O)C(N)Cc1ccccc1)C(=O)NC(Cc1ccc(O)cc1)C(=O)NC(C(=O)O)C(C)O. The number of hydrogen-bond acceptors (Lipinski definition) is 7. The molecule has 0 saturated heterocycles. The summed E-state index contributed by atoms with van der Waals surface area (Å²) < 4.78 is 0. The van der Waals surface area contributed by atoms with E-state index in [1.165, 1.54) is 19.1 Å². The Morgan fingerprint density at radius 1 is 0.763 bits per heavy atom. The van der Waals surface area contributed by atoms with E-state index in [4.69, 9.17) is 5.73 Å². The van der Waals surface area contributed by atoms with Crippen molar-refractivity contribution in [3.05, 3.63) is 65.7 Å². The van der Waals surface area contributed by atoms with Crippen LogP contribution in [0.15, 0.2) is 54.6 Å². The summed E-state index contributed by atoms with van der Waals surface area (Å²) in [5.41, 5.74) is 7.50. The number of carboxylic acid groups (broad SMARTS) is 1. The van der Waals surface area contributed by atoms with Gasteiger partial charge in [0, 0.05) is 6.42 Å². The first-order valence-corrected chi connectivity index (χ1v) is 12.3. The molecule has 2 aromatic rings. The molecule has 0 spiro atoms. The van der Waals surface area contributed by atoms with Gasteiger partial charge in [-0.1, -0.05) is 56.3 Å². The molecule has 0 fully saturated rings. The molecule has 0 aliphatic heterocycles. The average molecular weight is 529 g/mol. The van der Waals surface area contributed by atoms with Gasteiger partial charge in [0.15, 0.2) is 6.04 Å². The van der Waals surface area contributed by atoms with Crippen molar-refractivity contribution >= 4 is 23.7 Å². The molecule has 206 valence electrons. The number of carbonyl (C=O) groups is 4. The van der Waals surface area contributed by atoms with Crippen LogP contribution >= 0.6 is 0 Å². The van der Waals surface area contributed by atoms with Gasteiger partial charge in [0.2, 0.25) is 17.7 Å². The molecule has 11 nitrogen and oxygen atoms in total. The Morgan fingerprint density at radius 3 is 1.84 bits per heavy atom. The molecule has 11 heteroatoms. The van der Waals surface area contributed by atoms with Gasteiger partial charge in [-0.3, -0.25) is 14.4 Å². The second kappa shape index (κ2) is 14.1. The monoisotopic (exact) mass is 528 g/mol. The van der Waals surface area contributed by atoms with Crippen LogP contribution in [-0.4, -0.2) is 69.3 Å². The zero-order valence-electron chi connectivity index (χ0n) is 21.6. The fourth-order valence-electron chi connectivity index (χ4n) is 3.74. The predicted molar refractivity (Wildman–Crippen MR) is 140 cm³/mol. The Hall–Kier alpha value is -3.96. The largest absolute Gasteiger partial charge is 0.508 e. The minimum absolute atomic E-state index is 0.00765. The second-order valence-corrected chi connectivity index (χ2v) is 9.52. The van der Waals surface area contributed by atoms with E-state index in [1.54, 1.807) is 26.0 Å². The molecular formula is C27H36N4O7. The molecule has 0 bridgehead atoms. The van der Waals surface area contributed by atoms with Gasteiger partial charge in [0.25, 0.3) is 0 Å². The highest BCUT2D eigenvalue weighted by molar-refractivity contribution is 5.94. The molecule has 2 rings (SSSR count). The zero-order chi connectivity index (χ0) is 28.4. The van der Waals surface area contributed by atoms with Crippen LogP contribution in [0, 0.1) is 5.92 Å². The highest BCUT2D eigenvalue weighted by Gasteiger charge is 2.33. The van der Waals surface area contributed by atoms with Crippen LogP contribution in [0.3, 0.4) is 0 Å². The number of nitrogens with two attached hydrogens (primary N) is 1. The maximum atomic E-state index is 13.3. The predicted octanol–water partition coefficient (Wildman–Crippen LogP) is 0.0805. The number of carboxylic acids is 1. The lowest BCUT2D eigenvalue weighted by Gasteiger charge is -2.27. The molecule has 0 heterocycles. The number of benzene rings is 2. The zero-order valence-corrected chi connectivity index (χ0v) is 21.6. The van der Waals surface area contributed by atoms with E-state index in [9.17, 15) is 34.5 Å². The van der Waals surface area contributed by atoms with Gasteiger partial charge in [0.1, 0.15) is 17.8 Å². The average Bonchev–Trinajstić information content (AvgIpc) is 2.86. The van der Waals surface area contributed by atoms with Crippen LogP contribution in [0.4, 0.5) is 0 Å². The standard InChI is InChI=1S/C27H36N4O7/c1-15(2)22(30-24(34)20(28)13-17-7-5-4-6-8-17)26(36)29-21(14-18-9-11-19(33)12-10-18)25(35)31-23(16(3)32)27(37)38/h4-12,15-16,20-23,32-33H,13-14,28H2,1-3H3,(H,29,36)(H,30,34)(H,31,35)(H,37,38). The normalized spacial score (nSPS) is 15.0. The van der Waals surface area contributed by atoms with Gasteiger partial charge in [-0.05, 0) is 42.5 Å². The third kappa shape index (κ3) is 9.16. The maximum absolute atomic E-state index is 13.3. The van der Waals surface area contributed by atoms with E-state index in [0.717, 1.165) is 5.56 Å². The molecular weight excluding hydrogens is 492 g/mol. The topological polar surface area (TPSA) is 191 Å². The Morgan fingerprint density at radius 2 is 1.32 bits per heavy atom. The smallest absolute Gasteiger partial charge is 0.328 e. The Balaban J connectivity index is 2.20. The maximum Gasteiger partial charge on any atom is 0.328 e. The highest BCUT2D eigenvalue weighted by atomic mass is 16.4. The van der Waals surface area contributed by atoms with Gasteiger partial charge in [-0.25, -0.2) is 4.79 Å². The summed E-state index contributed by atoms with van der Waals surface area (Å²) in [6.07, 6.45) is -1.17. The fraction of sp³-hybridized carbons (Fsp3) is 0.407. The van der Waals surface area contributed by atoms with E-state index in [1.807, 2.05) is 30.3 Å². The molecule has 0 saturated carbocycles. The number of phenols is 1. The number of rotatable bonds is 13. The van der Waals surface area contributed by atoms with E-state index >= 15 is 0 Å². The quantitative estimate of drug-likeness (QED) is 0.190. The summed E-state index contributed by atoms with van der Waals surface area (Å²) in [6, 6.07) is 10.3. The Labute approximate surface area is 221 Å². The number of aromatic hydroxyl groups is 1. The summed E-state index contributed by atoms with van der Waals surface area (Å²) >= 11 is 0. The van der Waals surface area contributed by atoms with Crippen LogP contribution in [-0.2, 0) is 32.0 Å². The van der Waals surface area contributed by atoms with Gasteiger partial charge < -0.3 is 37.0 Å². The number of amides is 3. The number of aliphatic carboxylic acids is 1. The number of carbonyl (C=O) groups excluding carboxylic acids is 3. The van der Waals surface area contributed by atoms with Crippen molar-refractivity contribution in [1.29, 1.82) is 0 Å². The summed E-state index contributed by atoms with van der Waals surface area (Å²) in [5.74, 6) is -3.85. The van der Waals surface area contributed by atoms with Crippen LogP contribution in [0.1, 0.15) is 31.9 Å². The number of phenolic OH excluding ortho intramolecular Hbond substituents is 1. The minimum atomic E-state index is -1.60. The first kappa shape index (κ1) is 30.3. The van der Waals surface area contributed by atoms with Crippen molar-refractivity contribution in [2.45, 2.75) is 63.9 Å². The highest BCUT2D eigenvalue weighted by Crippen LogP contribution is 2.13. The van der Waals surface area contributed by atoms with E-state index < -0.39 is 54.0 Å². The third-order valence-electron chi connectivity index (χ3n) is 5.94. The Kier molecular flexibility index (Phi) is 11.2. The first-order chi connectivity index (χ1) is 17.9. The first-order valence-electron chi connectivity index (χ1n) is 12.3. The molecule has 5 atom stereocenters. The summed E-state index contributed by atoms with van der Waals surface area (Å²) in [5, 5.41) is 36.2. The number of aliphatic hydroxyl groups is 1. The number of aliphatic hydroxyl groups excluding tert-OH is 1. The molecule has 38 heavy (non-hydrogen) atoms. The lowest BCUT2D eigenvalue weighted by molar-refractivity contribution is -0.145. The molecule has 2 aromatic carbocycles. The molecule has 0 aliphatic carbocycles. The van der Waals surface area contributed by atoms with Crippen LogP contribution in [0.5, 0.6) is 5.75 Å². The fourth-order valence-corrected chi connectivity index (χ4v) is 3.74. The van der Waals surface area contributed by atoms with Gasteiger partial charge in [0.05, 0.1) is 12.1 Å². The van der Waals surface area contributed by atoms with Crippen LogP contribution < -0.4 is 21.7 Å².